The molecule has 0 aromatic rings. The van der Waals surface area contributed by atoms with Gasteiger partial charge in [0.25, 0.3) is 0 Å². The van der Waals surface area contributed by atoms with Gasteiger partial charge in [-0.2, -0.15) is 0 Å². The first kappa shape index (κ1) is 6.62. The van der Waals surface area contributed by atoms with Gasteiger partial charge in [0.05, 0.1) is 13.3 Å². The quantitative estimate of drug-likeness (QED) is 0.500. The van der Waals surface area contributed by atoms with Gasteiger partial charge in [-0.1, -0.05) is 6.92 Å². The Morgan fingerprint density at radius 1 is 1.40 bits per heavy atom. The molecule has 0 amide bonds. The highest BCUT2D eigenvalue weighted by atomic mass is 16.5. The minimum Gasteiger partial charge on any atom is -0.364 e. The van der Waals surface area contributed by atoms with E-state index < -0.39 is 0 Å². The molecule has 2 atom stereocenters. The number of rotatable bonds is 0. The van der Waals surface area contributed by atoms with Gasteiger partial charge < -0.3 is 4.74 Å². The molecule has 2 rings (SSSR count). The third-order valence-electron chi connectivity index (χ3n) is 2.62. The topological polar surface area (TPSA) is 12.5 Å². The van der Waals surface area contributed by atoms with Crippen LogP contribution in [0.15, 0.2) is 0 Å². The van der Waals surface area contributed by atoms with Gasteiger partial charge in [-0.3, -0.25) is 4.90 Å². The Bertz CT molecular complexity index is 126. The molecule has 0 radical (unpaired) electrons. The van der Waals surface area contributed by atoms with Gasteiger partial charge in [0.1, 0.15) is 0 Å². The van der Waals surface area contributed by atoms with E-state index in [0.717, 1.165) is 25.3 Å². The van der Waals surface area contributed by atoms with Crippen molar-refractivity contribution in [3.05, 3.63) is 0 Å². The van der Waals surface area contributed by atoms with Gasteiger partial charge >= 0.3 is 0 Å². The summed E-state index contributed by atoms with van der Waals surface area (Å²) >= 11 is 0. The normalized spacial score (nSPS) is 41.7. The molecule has 0 aromatic heterocycles. The molecule has 2 aliphatic rings. The lowest BCUT2D eigenvalue weighted by molar-refractivity contribution is 0.112. The van der Waals surface area contributed by atoms with E-state index in [0.29, 0.717) is 0 Å². The summed E-state index contributed by atoms with van der Waals surface area (Å²) in [5.74, 6) is 0.887. The zero-order chi connectivity index (χ0) is 6.97. The first-order valence-corrected chi connectivity index (χ1v) is 4.18. The zero-order valence-electron chi connectivity index (χ0n) is 6.55. The molecule has 0 unspecified atom stereocenters. The molecule has 2 saturated heterocycles. The molecule has 10 heavy (non-hydrogen) atoms. The molecule has 0 N–H and O–H groups in total. The van der Waals surface area contributed by atoms with Crippen LogP contribution in [-0.4, -0.2) is 30.8 Å². The molecule has 2 heteroatoms. The van der Waals surface area contributed by atoms with Crippen LogP contribution in [0.3, 0.4) is 0 Å². The maximum absolute atomic E-state index is 5.37. The van der Waals surface area contributed by atoms with Crippen molar-refractivity contribution in [2.24, 2.45) is 5.92 Å². The molecule has 0 saturated carbocycles. The lowest BCUT2D eigenvalue weighted by Gasteiger charge is -2.31. The Kier molecular flexibility index (Phi) is 1.66. The van der Waals surface area contributed by atoms with Crippen molar-refractivity contribution in [2.45, 2.75) is 25.8 Å². The van der Waals surface area contributed by atoms with Crippen LogP contribution in [-0.2, 0) is 4.74 Å². The van der Waals surface area contributed by atoms with Crippen molar-refractivity contribution < 1.29 is 4.74 Å². The first-order chi connectivity index (χ1) is 4.86. The Morgan fingerprint density at radius 3 is 3.20 bits per heavy atom. The smallest absolute Gasteiger partial charge is 0.0994 e. The summed E-state index contributed by atoms with van der Waals surface area (Å²) < 4.78 is 5.37. The SMILES string of the molecule is C[C@H]1CC[C@@H]2COCN2C1. The highest BCUT2D eigenvalue weighted by molar-refractivity contribution is 4.81. The van der Waals surface area contributed by atoms with E-state index in [1.165, 1.54) is 19.4 Å². The number of nitrogens with zero attached hydrogens (tertiary/aromatic N) is 1. The summed E-state index contributed by atoms with van der Waals surface area (Å²) in [7, 11) is 0. The van der Waals surface area contributed by atoms with Crippen LogP contribution in [0, 0.1) is 5.92 Å². The molecule has 2 aliphatic heterocycles. The van der Waals surface area contributed by atoms with E-state index in [1.54, 1.807) is 0 Å². The third-order valence-corrected chi connectivity index (χ3v) is 2.62. The van der Waals surface area contributed by atoms with Gasteiger partial charge in [0, 0.05) is 12.6 Å². The van der Waals surface area contributed by atoms with Crippen molar-refractivity contribution in [1.29, 1.82) is 0 Å². The van der Waals surface area contributed by atoms with Gasteiger partial charge in [-0.15, -0.1) is 0 Å². The van der Waals surface area contributed by atoms with Crippen molar-refractivity contribution in [3.63, 3.8) is 0 Å². The number of hydrogen-bond acceptors (Lipinski definition) is 2. The average Bonchev–Trinajstić information content (AvgIpc) is 2.33. The largest absolute Gasteiger partial charge is 0.364 e. The van der Waals surface area contributed by atoms with Gasteiger partial charge in [0.2, 0.25) is 0 Å². The summed E-state index contributed by atoms with van der Waals surface area (Å²) in [4.78, 5) is 2.47. The van der Waals surface area contributed by atoms with E-state index in [1.807, 2.05) is 0 Å². The number of fused-ring (bicyclic) bond motifs is 1. The van der Waals surface area contributed by atoms with Gasteiger partial charge in [-0.25, -0.2) is 0 Å². The molecular weight excluding hydrogens is 126 g/mol. The molecular formula is C8H15NO. The second kappa shape index (κ2) is 2.51. The maximum atomic E-state index is 5.37. The van der Waals surface area contributed by atoms with Crippen molar-refractivity contribution in [1.82, 2.24) is 4.90 Å². The monoisotopic (exact) mass is 141 g/mol. The highest BCUT2D eigenvalue weighted by Gasteiger charge is 2.30. The summed E-state index contributed by atoms with van der Waals surface area (Å²) in [6.45, 7) is 5.45. The fourth-order valence-corrected chi connectivity index (χ4v) is 1.95. The van der Waals surface area contributed by atoms with E-state index >= 15 is 0 Å². The van der Waals surface area contributed by atoms with Crippen LogP contribution < -0.4 is 0 Å². The molecule has 0 aliphatic carbocycles. The first-order valence-electron chi connectivity index (χ1n) is 4.18. The fraction of sp³-hybridized carbons (Fsp3) is 1.00. The number of ether oxygens (including phenoxy) is 1. The Balaban J connectivity index is 1.96. The predicted octanol–water partition coefficient (Wildman–Crippen LogP) is 1.07. The van der Waals surface area contributed by atoms with E-state index in [2.05, 4.69) is 11.8 Å². The molecule has 2 heterocycles. The number of hydrogen-bond donors (Lipinski definition) is 0. The van der Waals surface area contributed by atoms with Gasteiger partial charge in [-0.05, 0) is 18.8 Å². The Morgan fingerprint density at radius 2 is 2.30 bits per heavy atom. The minimum atomic E-state index is 0.760. The van der Waals surface area contributed by atoms with Crippen LogP contribution in [0.4, 0.5) is 0 Å². The summed E-state index contributed by atoms with van der Waals surface area (Å²) in [5.41, 5.74) is 0. The molecule has 0 spiro atoms. The fourth-order valence-electron chi connectivity index (χ4n) is 1.95. The molecule has 0 bridgehead atoms. The van der Waals surface area contributed by atoms with Crippen LogP contribution >= 0.6 is 0 Å². The van der Waals surface area contributed by atoms with Crippen molar-refractivity contribution >= 4 is 0 Å². The summed E-state index contributed by atoms with van der Waals surface area (Å²) in [6, 6.07) is 0.760. The molecule has 0 aromatic carbocycles. The standard InChI is InChI=1S/C8H15NO/c1-7-2-3-8-5-10-6-9(8)4-7/h7-8H,2-6H2,1H3/t7-,8+/m0/s1. The second-order valence-corrected chi connectivity index (χ2v) is 3.61. The Labute approximate surface area is 62.2 Å². The lowest BCUT2D eigenvalue weighted by Crippen LogP contribution is -2.39. The van der Waals surface area contributed by atoms with Crippen molar-refractivity contribution in [3.8, 4) is 0 Å². The maximum Gasteiger partial charge on any atom is 0.0994 e. The van der Waals surface area contributed by atoms with Crippen molar-refractivity contribution in [2.75, 3.05) is 19.9 Å². The third kappa shape index (κ3) is 1.06. The molecule has 2 nitrogen and oxygen atoms in total. The predicted molar refractivity (Wildman–Crippen MR) is 39.7 cm³/mol. The minimum absolute atomic E-state index is 0.760. The van der Waals surface area contributed by atoms with Gasteiger partial charge in [0.15, 0.2) is 0 Å². The Hall–Kier alpha value is -0.0800. The number of piperidine rings is 1. The van der Waals surface area contributed by atoms with E-state index in [4.69, 9.17) is 4.74 Å². The summed E-state index contributed by atoms with van der Waals surface area (Å²) in [6.07, 6.45) is 2.74. The molecule has 58 valence electrons. The van der Waals surface area contributed by atoms with Crippen LogP contribution in [0.2, 0.25) is 0 Å². The molecule has 2 fully saturated rings. The second-order valence-electron chi connectivity index (χ2n) is 3.61. The van der Waals surface area contributed by atoms with Crippen LogP contribution in [0.5, 0.6) is 0 Å². The average molecular weight is 141 g/mol. The lowest BCUT2D eigenvalue weighted by atomic mass is 9.96. The van der Waals surface area contributed by atoms with Crippen LogP contribution in [0.25, 0.3) is 0 Å². The summed E-state index contributed by atoms with van der Waals surface area (Å²) in [5, 5.41) is 0. The highest BCUT2D eigenvalue weighted by Crippen LogP contribution is 2.24. The van der Waals surface area contributed by atoms with E-state index in [9.17, 15) is 0 Å². The van der Waals surface area contributed by atoms with Crippen LogP contribution in [0.1, 0.15) is 19.8 Å². The zero-order valence-corrected chi connectivity index (χ0v) is 6.55. The van der Waals surface area contributed by atoms with E-state index in [-0.39, 0.29) is 0 Å².